The lowest BCUT2D eigenvalue weighted by Gasteiger charge is -2.38. The van der Waals surface area contributed by atoms with Crippen LogP contribution in [0.15, 0.2) is 35.4 Å². The Labute approximate surface area is 140 Å². The Bertz CT molecular complexity index is 814. The van der Waals surface area contributed by atoms with E-state index in [1.807, 2.05) is 17.0 Å². The van der Waals surface area contributed by atoms with Crippen molar-refractivity contribution in [2.75, 3.05) is 19.7 Å². The fourth-order valence-corrected chi connectivity index (χ4v) is 3.78. The molecular weight excluding hydrogens is 306 g/mol. The number of nitrogens with zero attached hydrogens (tertiary/aromatic N) is 3. The number of hydrogen-bond donors (Lipinski definition) is 0. The van der Waals surface area contributed by atoms with E-state index in [-0.39, 0.29) is 23.6 Å². The molecule has 0 aliphatic carbocycles. The third-order valence-corrected chi connectivity index (χ3v) is 5.25. The van der Waals surface area contributed by atoms with Crippen LogP contribution in [-0.2, 0) is 16.1 Å². The van der Waals surface area contributed by atoms with E-state index in [1.54, 1.807) is 12.1 Å². The number of carbonyl (C=O) groups excluding carboxylic acids is 1. The van der Waals surface area contributed by atoms with Crippen molar-refractivity contribution in [3.63, 3.8) is 0 Å². The number of amides is 1. The van der Waals surface area contributed by atoms with Gasteiger partial charge in [0.25, 0.3) is 5.56 Å². The smallest absolute Gasteiger partial charge is 0.261 e. The highest BCUT2D eigenvalue weighted by Gasteiger charge is 2.39. The third kappa shape index (κ3) is 2.71. The number of carbonyl (C=O) groups is 1. The maximum atomic E-state index is 12.6. The maximum absolute atomic E-state index is 12.6. The number of hydrogen-bond acceptors (Lipinski definition) is 4. The first-order valence-electron chi connectivity index (χ1n) is 8.53. The van der Waals surface area contributed by atoms with E-state index in [0.29, 0.717) is 24.0 Å². The minimum Gasteiger partial charge on any atom is -0.375 e. The van der Waals surface area contributed by atoms with Crippen LogP contribution in [0.4, 0.5) is 0 Å². The van der Waals surface area contributed by atoms with E-state index < -0.39 is 0 Å². The SMILES string of the molecule is O=C(Cn1cnc2ccccc2c1=O)N1CCC2(CCCO2)CC1. The van der Waals surface area contributed by atoms with E-state index in [4.69, 9.17) is 4.74 Å². The Morgan fingerprint density at radius 3 is 2.75 bits per heavy atom. The molecule has 6 heteroatoms. The summed E-state index contributed by atoms with van der Waals surface area (Å²) in [5.74, 6) is -0.0259. The van der Waals surface area contributed by atoms with Crippen LogP contribution in [0.2, 0.25) is 0 Å². The fraction of sp³-hybridized carbons (Fsp3) is 0.500. The van der Waals surface area contributed by atoms with Crippen molar-refractivity contribution in [1.82, 2.24) is 14.5 Å². The standard InChI is InChI=1S/C18H21N3O3/c22-16(20-9-7-18(8-10-20)6-3-11-24-18)12-21-13-19-15-5-2-1-4-14(15)17(21)23/h1-2,4-5,13H,3,6-12H2. The van der Waals surface area contributed by atoms with Gasteiger partial charge in [0.15, 0.2) is 0 Å². The highest BCUT2D eigenvalue weighted by atomic mass is 16.5. The van der Waals surface area contributed by atoms with Gasteiger partial charge in [0, 0.05) is 19.7 Å². The largest absolute Gasteiger partial charge is 0.375 e. The lowest BCUT2D eigenvalue weighted by molar-refractivity contribution is -0.136. The molecule has 6 nitrogen and oxygen atoms in total. The Kier molecular flexibility index (Phi) is 3.84. The van der Waals surface area contributed by atoms with E-state index in [2.05, 4.69) is 4.98 Å². The second kappa shape index (κ2) is 6.02. The van der Waals surface area contributed by atoms with Gasteiger partial charge in [-0.15, -0.1) is 0 Å². The molecule has 2 fully saturated rings. The summed E-state index contributed by atoms with van der Waals surface area (Å²) in [6, 6.07) is 7.20. The monoisotopic (exact) mass is 327 g/mol. The lowest BCUT2D eigenvalue weighted by Crippen LogP contribution is -2.47. The summed E-state index contributed by atoms with van der Waals surface area (Å²) in [4.78, 5) is 31.2. The summed E-state index contributed by atoms with van der Waals surface area (Å²) in [5.41, 5.74) is 0.490. The molecule has 126 valence electrons. The van der Waals surface area contributed by atoms with Crippen LogP contribution in [0.3, 0.4) is 0 Å². The third-order valence-electron chi connectivity index (χ3n) is 5.25. The maximum Gasteiger partial charge on any atom is 0.261 e. The molecule has 2 aliphatic heterocycles. The normalized spacial score (nSPS) is 19.9. The second-order valence-electron chi connectivity index (χ2n) is 6.71. The molecule has 24 heavy (non-hydrogen) atoms. The van der Waals surface area contributed by atoms with Crippen molar-refractivity contribution in [2.45, 2.75) is 37.8 Å². The quantitative estimate of drug-likeness (QED) is 0.840. The zero-order chi connectivity index (χ0) is 16.6. The number of ether oxygens (including phenoxy) is 1. The molecule has 0 unspecified atom stereocenters. The minimum absolute atomic E-state index is 0.00186. The number of rotatable bonds is 2. The van der Waals surface area contributed by atoms with E-state index in [1.165, 1.54) is 10.9 Å². The number of piperidine rings is 1. The first kappa shape index (κ1) is 15.3. The van der Waals surface area contributed by atoms with Crippen LogP contribution in [0, 0.1) is 0 Å². The van der Waals surface area contributed by atoms with Crippen LogP contribution < -0.4 is 5.56 Å². The number of likely N-dealkylation sites (tertiary alicyclic amines) is 1. The van der Waals surface area contributed by atoms with Gasteiger partial charge in [-0.1, -0.05) is 12.1 Å². The Morgan fingerprint density at radius 1 is 1.21 bits per heavy atom. The average Bonchev–Trinajstić information content (AvgIpc) is 3.06. The summed E-state index contributed by atoms with van der Waals surface area (Å²) in [6.45, 7) is 2.29. The summed E-state index contributed by atoms with van der Waals surface area (Å²) in [6.07, 6.45) is 5.47. The van der Waals surface area contributed by atoms with Gasteiger partial charge >= 0.3 is 0 Å². The van der Waals surface area contributed by atoms with E-state index in [0.717, 1.165) is 32.3 Å². The molecule has 2 saturated heterocycles. The molecule has 3 heterocycles. The Hall–Kier alpha value is -2.21. The highest BCUT2D eigenvalue weighted by molar-refractivity contribution is 5.79. The average molecular weight is 327 g/mol. The highest BCUT2D eigenvalue weighted by Crippen LogP contribution is 2.35. The Balaban J connectivity index is 1.47. The predicted molar refractivity (Wildman–Crippen MR) is 89.7 cm³/mol. The van der Waals surface area contributed by atoms with Gasteiger partial charge < -0.3 is 9.64 Å². The zero-order valence-electron chi connectivity index (χ0n) is 13.6. The summed E-state index contributed by atoms with van der Waals surface area (Å²) in [5, 5.41) is 0.546. The number of aromatic nitrogens is 2. The Morgan fingerprint density at radius 2 is 2.00 bits per heavy atom. The lowest BCUT2D eigenvalue weighted by atomic mass is 9.88. The van der Waals surface area contributed by atoms with Crippen LogP contribution in [0.1, 0.15) is 25.7 Å². The fourth-order valence-electron chi connectivity index (χ4n) is 3.78. The first-order chi connectivity index (χ1) is 11.7. The van der Waals surface area contributed by atoms with Crippen LogP contribution >= 0.6 is 0 Å². The topological polar surface area (TPSA) is 64.4 Å². The van der Waals surface area contributed by atoms with Crippen molar-refractivity contribution in [1.29, 1.82) is 0 Å². The molecule has 1 amide bonds. The molecule has 2 aromatic rings. The molecule has 1 aromatic carbocycles. The molecule has 0 bridgehead atoms. The molecular formula is C18H21N3O3. The van der Waals surface area contributed by atoms with Crippen molar-refractivity contribution in [2.24, 2.45) is 0 Å². The van der Waals surface area contributed by atoms with Gasteiger partial charge in [-0.3, -0.25) is 14.2 Å². The second-order valence-corrected chi connectivity index (χ2v) is 6.71. The van der Waals surface area contributed by atoms with Gasteiger partial charge in [0.1, 0.15) is 6.54 Å². The van der Waals surface area contributed by atoms with Crippen molar-refractivity contribution < 1.29 is 9.53 Å². The number of para-hydroxylation sites is 1. The van der Waals surface area contributed by atoms with Crippen molar-refractivity contribution in [3.8, 4) is 0 Å². The molecule has 0 atom stereocenters. The van der Waals surface area contributed by atoms with Crippen molar-refractivity contribution >= 4 is 16.8 Å². The molecule has 0 radical (unpaired) electrons. The minimum atomic E-state index is -0.165. The molecule has 0 N–H and O–H groups in total. The van der Waals surface area contributed by atoms with Crippen LogP contribution in [0.25, 0.3) is 10.9 Å². The van der Waals surface area contributed by atoms with Gasteiger partial charge in [0.05, 0.1) is 22.8 Å². The van der Waals surface area contributed by atoms with Crippen LogP contribution in [-0.4, -0.2) is 45.7 Å². The first-order valence-corrected chi connectivity index (χ1v) is 8.53. The molecule has 1 spiro atoms. The number of fused-ring (bicyclic) bond motifs is 1. The summed E-state index contributed by atoms with van der Waals surface area (Å²) < 4.78 is 7.30. The van der Waals surface area contributed by atoms with Crippen molar-refractivity contribution in [3.05, 3.63) is 40.9 Å². The van der Waals surface area contributed by atoms with Gasteiger partial charge in [-0.2, -0.15) is 0 Å². The van der Waals surface area contributed by atoms with E-state index in [9.17, 15) is 9.59 Å². The zero-order valence-corrected chi connectivity index (χ0v) is 13.6. The van der Waals surface area contributed by atoms with E-state index >= 15 is 0 Å². The molecule has 0 saturated carbocycles. The molecule has 4 rings (SSSR count). The summed E-state index contributed by atoms with van der Waals surface area (Å²) >= 11 is 0. The summed E-state index contributed by atoms with van der Waals surface area (Å²) in [7, 11) is 0. The molecule has 1 aromatic heterocycles. The molecule has 2 aliphatic rings. The van der Waals surface area contributed by atoms with Gasteiger partial charge in [-0.05, 0) is 37.8 Å². The van der Waals surface area contributed by atoms with Crippen LogP contribution in [0.5, 0.6) is 0 Å². The van der Waals surface area contributed by atoms with Gasteiger partial charge in [-0.25, -0.2) is 4.98 Å². The number of benzene rings is 1. The predicted octanol–water partition coefficient (Wildman–Crippen LogP) is 1.57. The van der Waals surface area contributed by atoms with Gasteiger partial charge in [0.2, 0.25) is 5.91 Å².